The first-order valence-corrected chi connectivity index (χ1v) is 11.3. The SMILES string of the molecule is CCNC(=O)C(C)N(Cc1cccc(Br)c1)C(=O)CCc1ccc(C(C)(C)C)cc1. The Morgan fingerprint density at radius 1 is 1.07 bits per heavy atom. The lowest BCUT2D eigenvalue weighted by Crippen LogP contribution is -2.47. The average Bonchev–Trinajstić information content (AvgIpc) is 2.69. The lowest BCUT2D eigenvalue weighted by Gasteiger charge is -2.29. The summed E-state index contributed by atoms with van der Waals surface area (Å²) < 4.78 is 0.956. The summed E-state index contributed by atoms with van der Waals surface area (Å²) in [6.45, 7) is 11.2. The molecule has 0 fully saturated rings. The van der Waals surface area contributed by atoms with E-state index in [1.165, 1.54) is 5.56 Å². The van der Waals surface area contributed by atoms with Crippen molar-refractivity contribution < 1.29 is 9.59 Å². The molecule has 162 valence electrons. The normalized spacial score (nSPS) is 12.3. The number of hydrogen-bond acceptors (Lipinski definition) is 2. The lowest BCUT2D eigenvalue weighted by atomic mass is 9.86. The number of carbonyl (C=O) groups excluding carboxylic acids is 2. The van der Waals surface area contributed by atoms with Gasteiger partial charge in [0, 0.05) is 24.0 Å². The molecule has 2 amide bonds. The van der Waals surface area contributed by atoms with Crippen LogP contribution in [0, 0.1) is 0 Å². The number of carbonyl (C=O) groups is 2. The molecule has 0 saturated heterocycles. The molecule has 30 heavy (non-hydrogen) atoms. The molecule has 1 atom stereocenters. The number of halogens is 1. The van der Waals surface area contributed by atoms with Crippen molar-refractivity contribution >= 4 is 27.7 Å². The summed E-state index contributed by atoms with van der Waals surface area (Å²) in [7, 11) is 0. The average molecular weight is 473 g/mol. The molecule has 5 heteroatoms. The van der Waals surface area contributed by atoms with Crippen LogP contribution in [0.5, 0.6) is 0 Å². The highest BCUT2D eigenvalue weighted by Gasteiger charge is 2.25. The molecule has 1 unspecified atom stereocenters. The van der Waals surface area contributed by atoms with Crippen LogP contribution in [0.2, 0.25) is 0 Å². The van der Waals surface area contributed by atoms with E-state index in [0.29, 0.717) is 25.9 Å². The van der Waals surface area contributed by atoms with Gasteiger partial charge in [-0.1, -0.05) is 73.1 Å². The van der Waals surface area contributed by atoms with Gasteiger partial charge >= 0.3 is 0 Å². The van der Waals surface area contributed by atoms with Crippen LogP contribution in [-0.2, 0) is 28.0 Å². The zero-order valence-corrected chi connectivity index (χ0v) is 20.3. The Bertz CT molecular complexity index is 856. The van der Waals surface area contributed by atoms with Crippen LogP contribution in [0.15, 0.2) is 53.0 Å². The molecule has 4 nitrogen and oxygen atoms in total. The molecule has 0 bridgehead atoms. The Labute approximate surface area is 189 Å². The van der Waals surface area contributed by atoms with E-state index in [1.807, 2.05) is 31.2 Å². The maximum absolute atomic E-state index is 13.1. The van der Waals surface area contributed by atoms with Crippen LogP contribution in [0.25, 0.3) is 0 Å². The van der Waals surface area contributed by atoms with Crippen molar-refractivity contribution in [2.45, 2.75) is 65.5 Å². The van der Waals surface area contributed by atoms with E-state index in [1.54, 1.807) is 11.8 Å². The Kier molecular flexibility index (Phi) is 8.65. The molecule has 0 aromatic heterocycles. The molecule has 2 rings (SSSR count). The first kappa shape index (κ1) is 24.1. The molecule has 1 N–H and O–H groups in total. The van der Waals surface area contributed by atoms with Gasteiger partial charge in [0.1, 0.15) is 6.04 Å². The fourth-order valence-corrected chi connectivity index (χ4v) is 3.75. The largest absolute Gasteiger partial charge is 0.355 e. The number of likely N-dealkylation sites (N-methyl/N-ethyl adjacent to an activating group) is 1. The molecular weight excluding hydrogens is 440 g/mol. The molecule has 0 aliphatic rings. The lowest BCUT2D eigenvalue weighted by molar-refractivity contribution is -0.140. The van der Waals surface area contributed by atoms with Crippen LogP contribution in [-0.4, -0.2) is 29.3 Å². The maximum atomic E-state index is 13.1. The van der Waals surface area contributed by atoms with Gasteiger partial charge < -0.3 is 10.2 Å². The van der Waals surface area contributed by atoms with Crippen molar-refractivity contribution in [3.05, 3.63) is 69.7 Å². The standard InChI is InChI=1S/C25H33BrN2O2/c1-6-27-24(30)18(2)28(17-20-8-7-9-22(26)16-20)23(29)15-12-19-10-13-21(14-11-19)25(3,4)5/h7-11,13-14,16,18H,6,12,15,17H2,1-5H3,(H,27,30). The third-order valence-electron chi connectivity index (χ3n) is 5.21. The van der Waals surface area contributed by atoms with Crippen molar-refractivity contribution in [2.24, 2.45) is 0 Å². The highest BCUT2D eigenvalue weighted by Crippen LogP contribution is 2.23. The number of amides is 2. The first-order valence-electron chi connectivity index (χ1n) is 10.5. The van der Waals surface area contributed by atoms with E-state index in [4.69, 9.17) is 0 Å². The van der Waals surface area contributed by atoms with E-state index in [0.717, 1.165) is 15.6 Å². The van der Waals surface area contributed by atoms with Gasteiger partial charge in [0.25, 0.3) is 0 Å². The summed E-state index contributed by atoms with van der Waals surface area (Å²) in [6, 6.07) is 15.8. The molecule has 2 aromatic rings. The van der Waals surface area contributed by atoms with E-state index >= 15 is 0 Å². The van der Waals surface area contributed by atoms with Gasteiger partial charge in [0.05, 0.1) is 0 Å². The molecule has 0 aliphatic heterocycles. The van der Waals surface area contributed by atoms with E-state index < -0.39 is 6.04 Å². The van der Waals surface area contributed by atoms with Crippen molar-refractivity contribution in [2.75, 3.05) is 6.54 Å². The molecular formula is C25H33BrN2O2. The van der Waals surface area contributed by atoms with Gasteiger partial charge in [-0.3, -0.25) is 9.59 Å². The fourth-order valence-electron chi connectivity index (χ4n) is 3.30. The van der Waals surface area contributed by atoms with Crippen molar-refractivity contribution in [1.29, 1.82) is 0 Å². The monoisotopic (exact) mass is 472 g/mol. The summed E-state index contributed by atoms with van der Waals surface area (Å²) in [6.07, 6.45) is 1.02. The molecule has 0 saturated carbocycles. The van der Waals surface area contributed by atoms with Crippen molar-refractivity contribution in [3.63, 3.8) is 0 Å². The highest BCUT2D eigenvalue weighted by molar-refractivity contribution is 9.10. The number of nitrogens with one attached hydrogen (secondary N) is 1. The smallest absolute Gasteiger partial charge is 0.242 e. The first-order chi connectivity index (χ1) is 14.1. The van der Waals surface area contributed by atoms with Crippen molar-refractivity contribution in [1.82, 2.24) is 10.2 Å². The molecule has 0 radical (unpaired) electrons. The van der Waals surface area contributed by atoms with Gasteiger partial charge in [-0.15, -0.1) is 0 Å². The minimum Gasteiger partial charge on any atom is -0.355 e. The number of hydrogen-bond donors (Lipinski definition) is 1. The predicted octanol–water partition coefficient (Wildman–Crippen LogP) is 5.23. The Balaban J connectivity index is 2.12. The molecule has 2 aromatic carbocycles. The number of benzene rings is 2. The van der Waals surface area contributed by atoms with Crippen LogP contribution in [0.1, 0.15) is 57.7 Å². The molecule has 0 spiro atoms. The molecule has 0 heterocycles. The minimum atomic E-state index is -0.528. The summed E-state index contributed by atoms with van der Waals surface area (Å²) in [5.41, 5.74) is 3.50. The zero-order chi connectivity index (χ0) is 22.3. The number of nitrogens with zero attached hydrogens (tertiary/aromatic N) is 1. The minimum absolute atomic E-state index is 0.0198. The van der Waals surface area contributed by atoms with Gasteiger partial charge in [-0.05, 0) is 54.5 Å². The van der Waals surface area contributed by atoms with E-state index in [2.05, 4.69) is 66.3 Å². The summed E-state index contributed by atoms with van der Waals surface area (Å²) in [5.74, 6) is -0.149. The van der Waals surface area contributed by atoms with Crippen LogP contribution in [0.3, 0.4) is 0 Å². The second kappa shape index (κ2) is 10.8. The van der Waals surface area contributed by atoms with Gasteiger partial charge in [-0.25, -0.2) is 0 Å². The second-order valence-electron chi connectivity index (χ2n) is 8.67. The summed E-state index contributed by atoms with van der Waals surface area (Å²) >= 11 is 3.48. The summed E-state index contributed by atoms with van der Waals surface area (Å²) in [5, 5.41) is 2.83. The van der Waals surface area contributed by atoms with Gasteiger partial charge in [0.2, 0.25) is 11.8 Å². The zero-order valence-electron chi connectivity index (χ0n) is 18.7. The third kappa shape index (κ3) is 6.98. The van der Waals surface area contributed by atoms with Gasteiger partial charge in [0.15, 0.2) is 0 Å². The van der Waals surface area contributed by atoms with Gasteiger partial charge in [-0.2, -0.15) is 0 Å². The molecule has 0 aliphatic carbocycles. The van der Waals surface area contributed by atoms with E-state index in [9.17, 15) is 9.59 Å². The van der Waals surface area contributed by atoms with E-state index in [-0.39, 0.29) is 17.2 Å². The Morgan fingerprint density at radius 3 is 2.30 bits per heavy atom. The fraction of sp³-hybridized carbons (Fsp3) is 0.440. The predicted molar refractivity (Wildman–Crippen MR) is 126 cm³/mol. The quantitative estimate of drug-likeness (QED) is 0.571. The third-order valence-corrected chi connectivity index (χ3v) is 5.70. The topological polar surface area (TPSA) is 49.4 Å². The van der Waals surface area contributed by atoms with Crippen molar-refractivity contribution in [3.8, 4) is 0 Å². The second-order valence-corrected chi connectivity index (χ2v) is 9.58. The van der Waals surface area contributed by atoms with Crippen LogP contribution < -0.4 is 5.32 Å². The van der Waals surface area contributed by atoms with Crippen LogP contribution >= 0.6 is 15.9 Å². The Morgan fingerprint density at radius 2 is 1.73 bits per heavy atom. The number of aryl methyl sites for hydroxylation is 1. The number of rotatable bonds is 8. The highest BCUT2D eigenvalue weighted by atomic mass is 79.9. The Hall–Kier alpha value is -2.14. The summed E-state index contributed by atoms with van der Waals surface area (Å²) in [4.78, 5) is 27.2. The maximum Gasteiger partial charge on any atom is 0.242 e. The van der Waals surface area contributed by atoms with Crippen LogP contribution in [0.4, 0.5) is 0 Å².